The maximum atomic E-state index is 13.7. The van der Waals surface area contributed by atoms with E-state index in [9.17, 15) is 9.59 Å². The van der Waals surface area contributed by atoms with Crippen molar-refractivity contribution in [2.45, 2.75) is 46.6 Å². The van der Waals surface area contributed by atoms with Crippen LogP contribution in [0.1, 0.15) is 41.8 Å². The molecule has 0 bridgehead atoms. The lowest BCUT2D eigenvalue weighted by Gasteiger charge is -2.29. The average Bonchev–Trinajstić information content (AvgIpc) is 3.33. The predicted octanol–water partition coefficient (Wildman–Crippen LogP) is 5.76. The fourth-order valence-electron chi connectivity index (χ4n) is 4.34. The van der Waals surface area contributed by atoms with Gasteiger partial charge >= 0.3 is 0 Å². The van der Waals surface area contributed by atoms with Crippen molar-refractivity contribution in [3.05, 3.63) is 81.5 Å². The molecule has 0 radical (unpaired) electrons. The van der Waals surface area contributed by atoms with Crippen molar-refractivity contribution in [2.75, 3.05) is 33.9 Å². The van der Waals surface area contributed by atoms with Gasteiger partial charge in [-0.05, 0) is 66.0 Å². The quantitative estimate of drug-likeness (QED) is 0.263. The normalized spacial score (nSPS) is 10.9. The summed E-state index contributed by atoms with van der Waals surface area (Å²) in [7, 11) is 3.24. The van der Waals surface area contributed by atoms with Crippen LogP contribution in [0.2, 0.25) is 0 Å². The lowest BCUT2D eigenvalue weighted by molar-refractivity contribution is -0.141. The first-order valence-corrected chi connectivity index (χ1v) is 14.0. The summed E-state index contributed by atoms with van der Waals surface area (Å²) < 4.78 is 10.8. The van der Waals surface area contributed by atoms with Gasteiger partial charge in [-0.2, -0.15) is 0 Å². The molecule has 0 aliphatic heterocycles. The van der Waals surface area contributed by atoms with Crippen molar-refractivity contribution in [3.8, 4) is 11.5 Å². The zero-order chi connectivity index (χ0) is 27.5. The van der Waals surface area contributed by atoms with E-state index in [0.717, 1.165) is 16.0 Å². The topological polar surface area (TPSA) is 59.1 Å². The summed E-state index contributed by atoms with van der Waals surface area (Å²) in [6.45, 7) is 7.93. The van der Waals surface area contributed by atoms with Gasteiger partial charge in [-0.3, -0.25) is 9.59 Å². The number of carbonyl (C=O) groups excluding carboxylic acids is 2. The van der Waals surface area contributed by atoms with Crippen LogP contribution in [0.4, 0.5) is 0 Å². The van der Waals surface area contributed by atoms with Crippen molar-refractivity contribution in [1.29, 1.82) is 0 Å². The lowest BCUT2D eigenvalue weighted by Crippen LogP contribution is -2.44. The number of rotatable bonds is 14. The molecule has 1 aromatic heterocycles. The Morgan fingerprint density at radius 1 is 0.868 bits per heavy atom. The zero-order valence-electron chi connectivity index (χ0n) is 23.2. The van der Waals surface area contributed by atoms with Crippen LogP contribution < -0.4 is 9.47 Å². The van der Waals surface area contributed by atoms with E-state index in [2.05, 4.69) is 32.2 Å². The number of ether oxygens (including phenoxy) is 2. The van der Waals surface area contributed by atoms with Gasteiger partial charge in [0.25, 0.3) is 0 Å². The Morgan fingerprint density at radius 2 is 1.61 bits per heavy atom. The second kappa shape index (κ2) is 14.6. The van der Waals surface area contributed by atoms with Gasteiger partial charge in [-0.25, -0.2) is 0 Å². The molecule has 204 valence electrons. The number of nitrogens with zero attached hydrogens (tertiary/aromatic N) is 2. The number of hydrogen-bond acceptors (Lipinski definition) is 5. The van der Waals surface area contributed by atoms with Gasteiger partial charge < -0.3 is 19.3 Å². The van der Waals surface area contributed by atoms with Crippen molar-refractivity contribution >= 4 is 23.2 Å². The minimum atomic E-state index is -0.0352. The van der Waals surface area contributed by atoms with Gasteiger partial charge in [-0.15, -0.1) is 11.3 Å². The number of methoxy groups -OCH3 is 2. The van der Waals surface area contributed by atoms with E-state index >= 15 is 0 Å². The Morgan fingerprint density at radius 3 is 2.24 bits per heavy atom. The van der Waals surface area contributed by atoms with E-state index in [-0.39, 0.29) is 24.3 Å². The van der Waals surface area contributed by atoms with E-state index in [0.29, 0.717) is 50.4 Å². The highest BCUT2D eigenvalue weighted by molar-refractivity contribution is 7.10. The molecule has 2 amide bonds. The van der Waals surface area contributed by atoms with Gasteiger partial charge in [0, 0.05) is 24.4 Å². The number of carbonyl (C=O) groups is 2. The Hall–Kier alpha value is -3.32. The molecular weight excluding hydrogens is 496 g/mol. The Bertz CT molecular complexity index is 1180. The Labute approximate surface area is 231 Å². The summed E-state index contributed by atoms with van der Waals surface area (Å²) in [5.74, 6) is 1.60. The first kappa shape index (κ1) is 29.2. The highest BCUT2D eigenvalue weighted by atomic mass is 32.1. The first-order chi connectivity index (χ1) is 18.3. The summed E-state index contributed by atoms with van der Waals surface area (Å²) in [4.78, 5) is 31.7. The van der Waals surface area contributed by atoms with Crippen LogP contribution in [0.15, 0.2) is 60.0 Å². The minimum Gasteiger partial charge on any atom is -0.493 e. The summed E-state index contributed by atoms with van der Waals surface area (Å²) in [6, 6.07) is 17.9. The van der Waals surface area contributed by atoms with Crippen molar-refractivity contribution in [1.82, 2.24) is 9.80 Å². The molecule has 38 heavy (non-hydrogen) atoms. The first-order valence-electron chi connectivity index (χ1n) is 13.1. The number of amides is 2. The van der Waals surface area contributed by atoms with Gasteiger partial charge in [0.2, 0.25) is 11.8 Å². The molecule has 7 heteroatoms. The molecule has 0 atom stereocenters. The second-order valence-corrected chi connectivity index (χ2v) is 10.9. The van der Waals surface area contributed by atoms with E-state index in [1.54, 1.807) is 30.5 Å². The second-order valence-electron chi connectivity index (χ2n) is 9.94. The SMILES string of the molecule is COc1ccc(CCN(Cc2sccc2C)C(=O)CN(CC(C)C)C(=O)CCc2ccccc2)cc1OC. The third-order valence-corrected chi connectivity index (χ3v) is 7.52. The summed E-state index contributed by atoms with van der Waals surface area (Å²) >= 11 is 1.66. The van der Waals surface area contributed by atoms with Gasteiger partial charge in [0.1, 0.15) is 0 Å². The molecule has 3 rings (SSSR count). The molecule has 2 aromatic carbocycles. The third-order valence-electron chi connectivity index (χ3n) is 6.51. The van der Waals surface area contributed by atoms with Crippen LogP contribution in [-0.4, -0.2) is 55.5 Å². The highest BCUT2D eigenvalue weighted by Gasteiger charge is 2.23. The molecule has 1 heterocycles. The summed E-state index contributed by atoms with van der Waals surface area (Å²) in [5.41, 5.74) is 3.36. The molecule has 0 unspecified atom stereocenters. The molecule has 0 fully saturated rings. The van der Waals surface area contributed by atoms with E-state index < -0.39 is 0 Å². The smallest absolute Gasteiger partial charge is 0.242 e. The Balaban J connectivity index is 1.73. The number of thiophene rings is 1. The van der Waals surface area contributed by atoms with Crippen molar-refractivity contribution in [3.63, 3.8) is 0 Å². The lowest BCUT2D eigenvalue weighted by atomic mass is 10.1. The van der Waals surface area contributed by atoms with Crippen LogP contribution in [0.3, 0.4) is 0 Å². The number of hydrogen-bond donors (Lipinski definition) is 0. The van der Waals surface area contributed by atoms with Crippen molar-refractivity contribution < 1.29 is 19.1 Å². The zero-order valence-corrected chi connectivity index (χ0v) is 24.1. The maximum Gasteiger partial charge on any atom is 0.242 e. The van der Waals surface area contributed by atoms with Gasteiger partial charge in [0.15, 0.2) is 11.5 Å². The fourth-order valence-corrected chi connectivity index (χ4v) is 5.26. The molecule has 0 aliphatic rings. The number of benzene rings is 2. The van der Waals surface area contributed by atoms with Gasteiger partial charge in [-0.1, -0.05) is 50.2 Å². The van der Waals surface area contributed by atoms with Gasteiger partial charge in [0.05, 0.1) is 27.3 Å². The summed E-state index contributed by atoms with van der Waals surface area (Å²) in [6.07, 6.45) is 1.72. The van der Waals surface area contributed by atoms with Crippen LogP contribution >= 0.6 is 11.3 Å². The fraction of sp³-hybridized carbons (Fsp3) is 0.419. The molecule has 6 nitrogen and oxygen atoms in total. The van der Waals surface area contributed by atoms with Crippen molar-refractivity contribution in [2.24, 2.45) is 5.92 Å². The third kappa shape index (κ3) is 8.62. The maximum absolute atomic E-state index is 13.7. The Kier molecular flexibility index (Phi) is 11.2. The molecule has 0 aliphatic carbocycles. The van der Waals surface area contributed by atoms with Crippen LogP contribution in [0, 0.1) is 12.8 Å². The number of aryl methyl sites for hydroxylation is 2. The molecule has 0 saturated carbocycles. The van der Waals surface area contributed by atoms with E-state index in [1.807, 2.05) is 53.4 Å². The molecule has 0 N–H and O–H groups in total. The van der Waals surface area contributed by atoms with Crippen LogP contribution in [0.25, 0.3) is 0 Å². The largest absolute Gasteiger partial charge is 0.493 e. The monoisotopic (exact) mass is 536 g/mol. The van der Waals surface area contributed by atoms with Crippen LogP contribution in [-0.2, 0) is 29.0 Å². The van der Waals surface area contributed by atoms with E-state index in [1.165, 1.54) is 5.56 Å². The highest BCUT2D eigenvalue weighted by Crippen LogP contribution is 2.28. The minimum absolute atomic E-state index is 0.0167. The molecular formula is C31H40N2O4S. The molecule has 0 saturated heterocycles. The van der Waals surface area contributed by atoms with E-state index in [4.69, 9.17) is 9.47 Å². The standard InChI is InChI=1S/C31H40N2O4S/c1-23(2)20-33(30(34)14-12-25-9-7-6-8-10-25)22-31(35)32(21-29-24(3)16-18-38-29)17-15-26-11-13-27(36-4)28(19-26)37-5/h6-11,13,16,18-19,23H,12,14-15,17,20-22H2,1-5H3. The average molecular weight is 537 g/mol. The molecule has 3 aromatic rings. The van der Waals surface area contributed by atoms with Crippen LogP contribution in [0.5, 0.6) is 11.5 Å². The predicted molar refractivity (Wildman–Crippen MR) is 154 cm³/mol. The molecule has 0 spiro atoms. The summed E-state index contributed by atoms with van der Waals surface area (Å²) in [5, 5.41) is 2.06.